The molecule has 1 heterocycles. The topological polar surface area (TPSA) is 21.3 Å². The lowest BCUT2D eigenvalue weighted by molar-refractivity contribution is 0.0769. The van der Waals surface area contributed by atoms with Crippen molar-refractivity contribution >= 4 is 35.6 Å². The second-order valence-corrected chi connectivity index (χ2v) is 4.03. The fourth-order valence-electron chi connectivity index (χ4n) is 1.59. The van der Waals surface area contributed by atoms with Gasteiger partial charge in [0.1, 0.15) is 0 Å². The van der Waals surface area contributed by atoms with Gasteiger partial charge in [0.15, 0.2) is 0 Å². The lowest BCUT2D eigenvalue weighted by Gasteiger charge is -2.25. The Morgan fingerprint density at radius 3 is 2.47 bits per heavy atom. The fraction of sp³-hybridized carbons (Fsp3) is 0.400. The molecule has 1 fully saturated rings. The Morgan fingerprint density at radius 2 is 1.93 bits per heavy atom. The Kier molecular flexibility index (Phi) is 5.16. The summed E-state index contributed by atoms with van der Waals surface area (Å²) in [6.07, 6.45) is 0. The number of nitrogens with one attached hydrogen (secondary N) is 1. The molecule has 1 aliphatic heterocycles. The van der Waals surface area contributed by atoms with Crippen molar-refractivity contribution in [3.8, 4) is 0 Å². The molecule has 1 aromatic carbocycles. The maximum absolute atomic E-state index is 6.08. The summed E-state index contributed by atoms with van der Waals surface area (Å²) in [5, 5.41) is 4.71. The average Bonchev–Trinajstić information content (AvgIpc) is 2.19. The Morgan fingerprint density at radius 1 is 1.27 bits per heavy atom. The predicted octanol–water partition coefficient (Wildman–Crippen LogP) is 3.08. The van der Waals surface area contributed by atoms with E-state index in [0.717, 1.165) is 18.7 Å². The summed E-state index contributed by atoms with van der Waals surface area (Å²) in [7, 11) is 0. The number of rotatable bonds is 1. The van der Waals surface area contributed by atoms with E-state index in [1.54, 1.807) is 0 Å². The molecular weight excluding hydrogens is 256 g/mol. The van der Waals surface area contributed by atoms with Crippen LogP contribution in [0.4, 0.5) is 0 Å². The van der Waals surface area contributed by atoms with E-state index < -0.39 is 0 Å². The van der Waals surface area contributed by atoms with Crippen LogP contribution in [0.1, 0.15) is 11.6 Å². The normalized spacial score (nSPS) is 20.8. The molecule has 0 unspecified atom stereocenters. The van der Waals surface area contributed by atoms with Crippen LogP contribution in [-0.2, 0) is 4.74 Å². The van der Waals surface area contributed by atoms with E-state index in [0.29, 0.717) is 16.7 Å². The van der Waals surface area contributed by atoms with Crippen LogP contribution in [0.2, 0.25) is 10.0 Å². The monoisotopic (exact) mass is 267 g/mol. The smallest absolute Gasteiger partial charge is 0.0663 e. The largest absolute Gasteiger partial charge is 0.378 e. The first-order valence-corrected chi connectivity index (χ1v) is 5.29. The summed E-state index contributed by atoms with van der Waals surface area (Å²) < 4.78 is 5.37. The lowest BCUT2D eigenvalue weighted by atomic mass is 10.1. The van der Waals surface area contributed by atoms with Crippen molar-refractivity contribution in [1.82, 2.24) is 5.32 Å². The van der Waals surface area contributed by atoms with Crippen LogP contribution in [0.15, 0.2) is 18.2 Å². The summed E-state index contributed by atoms with van der Waals surface area (Å²) in [6, 6.07) is 5.65. The molecule has 0 saturated carbocycles. The molecule has 0 spiro atoms. The van der Waals surface area contributed by atoms with Gasteiger partial charge in [-0.15, -0.1) is 12.4 Å². The average molecular weight is 269 g/mol. The highest BCUT2D eigenvalue weighted by molar-refractivity contribution is 6.36. The van der Waals surface area contributed by atoms with Gasteiger partial charge in [-0.1, -0.05) is 29.3 Å². The zero-order valence-corrected chi connectivity index (χ0v) is 10.3. The van der Waals surface area contributed by atoms with Gasteiger partial charge < -0.3 is 10.1 Å². The summed E-state index contributed by atoms with van der Waals surface area (Å²) >= 11 is 12.2. The minimum Gasteiger partial charge on any atom is -0.378 e. The molecule has 15 heavy (non-hydrogen) atoms. The van der Waals surface area contributed by atoms with Crippen LogP contribution in [0.5, 0.6) is 0 Å². The second-order valence-electron chi connectivity index (χ2n) is 3.22. The zero-order chi connectivity index (χ0) is 9.97. The highest BCUT2D eigenvalue weighted by Gasteiger charge is 2.20. The summed E-state index contributed by atoms with van der Waals surface area (Å²) in [6.45, 7) is 2.22. The van der Waals surface area contributed by atoms with E-state index in [2.05, 4.69) is 5.32 Å². The van der Waals surface area contributed by atoms with Crippen LogP contribution < -0.4 is 5.32 Å². The molecule has 0 bridgehead atoms. The number of hydrogen-bond donors (Lipinski definition) is 1. The molecule has 1 N–H and O–H groups in total. The summed E-state index contributed by atoms with van der Waals surface area (Å²) in [5.41, 5.74) is 0.940. The first-order valence-electron chi connectivity index (χ1n) is 4.54. The van der Waals surface area contributed by atoms with Crippen molar-refractivity contribution in [2.45, 2.75) is 6.04 Å². The first kappa shape index (κ1) is 13.1. The maximum atomic E-state index is 6.08. The molecule has 1 aliphatic rings. The number of benzene rings is 1. The van der Waals surface area contributed by atoms with Gasteiger partial charge in [0.25, 0.3) is 0 Å². The molecule has 84 valence electrons. The molecule has 2 nitrogen and oxygen atoms in total. The summed E-state index contributed by atoms with van der Waals surface area (Å²) in [4.78, 5) is 0. The molecule has 1 aromatic rings. The SMILES string of the molecule is Cl.Clc1cccc(Cl)c1[C@@H]1COCCN1. The van der Waals surface area contributed by atoms with E-state index in [-0.39, 0.29) is 18.4 Å². The molecular formula is C10H12Cl3NO. The van der Waals surface area contributed by atoms with Crippen LogP contribution in [0.3, 0.4) is 0 Å². The van der Waals surface area contributed by atoms with Gasteiger partial charge in [0, 0.05) is 22.2 Å². The quantitative estimate of drug-likeness (QED) is 0.845. The Balaban J connectivity index is 0.00000112. The van der Waals surface area contributed by atoms with Gasteiger partial charge in [-0.2, -0.15) is 0 Å². The number of morpholine rings is 1. The zero-order valence-electron chi connectivity index (χ0n) is 8.00. The van der Waals surface area contributed by atoms with Crippen molar-refractivity contribution in [3.63, 3.8) is 0 Å². The minimum absolute atomic E-state index is 0. The maximum Gasteiger partial charge on any atom is 0.0663 e. The van der Waals surface area contributed by atoms with Crippen LogP contribution in [-0.4, -0.2) is 19.8 Å². The Hall–Kier alpha value is 0.01000. The third-order valence-corrected chi connectivity index (χ3v) is 2.93. The number of hydrogen-bond acceptors (Lipinski definition) is 2. The third kappa shape index (κ3) is 2.99. The van der Waals surface area contributed by atoms with Crippen molar-refractivity contribution in [2.75, 3.05) is 19.8 Å². The van der Waals surface area contributed by atoms with Crippen LogP contribution in [0, 0.1) is 0 Å². The molecule has 2 rings (SSSR count). The van der Waals surface area contributed by atoms with Gasteiger partial charge in [-0.25, -0.2) is 0 Å². The van der Waals surface area contributed by atoms with Gasteiger partial charge >= 0.3 is 0 Å². The minimum atomic E-state index is 0. The Bertz CT molecular complexity index is 306. The first-order chi connectivity index (χ1) is 6.79. The molecule has 0 radical (unpaired) electrons. The number of halogens is 3. The van der Waals surface area contributed by atoms with Crippen LogP contribution >= 0.6 is 35.6 Å². The highest BCUT2D eigenvalue weighted by Crippen LogP contribution is 2.30. The molecule has 1 atom stereocenters. The fourth-order valence-corrected chi connectivity index (χ4v) is 2.26. The van der Waals surface area contributed by atoms with E-state index in [1.165, 1.54) is 0 Å². The third-order valence-electron chi connectivity index (χ3n) is 2.27. The standard InChI is InChI=1S/C10H11Cl2NO.ClH/c11-7-2-1-3-8(12)10(7)9-6-14-5-4-13-9;/h1-3,9,13H,4-6H2;1H/t9-;/m0./s1. The van der Waals surface area contributed by atoms with Gasteiger partial charge in [0.2, 0.25) is 0 Å². The predicted molar refractivity (Wildman–Crippen MR) is 65.3 cm³/mol. The van der Waals surface area contributed by atoms with Crippen LogP contribution in [0.25, 0.3) is 0 Å². The molecule has 1 saturated heterocycles. The van der Waals surface area contributed by atoms with Gasteiger partial charge in [0.05, 0.1) is 19.3 Å². The van der Waals surface area contributed by atoms with E-state index in [4.69, 9.17) is 27.9 Å². The van der Waals surface area contributed by atoms with E-state index >= 15 is 0 Å². The molecule has 0 amide bonds. The lowest BCUT2D eigenvalue weighted by Crippen LogP contribution is -2.34. The van der Waals surface area contributed by atoms with Crippen molar-refractivity contribution in [3.05, 3.63) is 33.8 Å². The van der Waals surface area contributed by atoms with Crippen molar-refractivity contribution in [1.29, 1.82) is 0 Å². The van der Waals surface area contributed by atoms with E-state index in [1.807, 2.05) is 18.2 Å². The van der Waals surface area contributed by atoms with Crippen molar-refractivity contribution < 1.29 is 4.74 Å². The molecule has 0 aliphatic carbocycles. The number of ether oxygens (including phenoxy) is 1. The van der Waals surface area contributed by atoms with Gasteiger partial charge in [-0.3, -0.25) is 0 Å². The highest BCUT2D eigenvalue weighted by atomic mass is 35.5. The van der Waals surface area contributed by atoms with Gasteiger partial charge in [-0.05, 0) is 12.1 Å². The van der Waals surface area contributed by atoms with E-state index in [9.17, 15) is 0 Å². The second kappa shape index (κ2) is 5.92. The molecule has 0 aromatic heterocycles. The Labute approximate surface area is 105 Å². The summed E-state index contributed by atoms with van der Waals surface area (Å²) in [5.74, 6) is 0. The molecule has 5 heteroatoms. The van der Waals surface area contributed by atoms with Crippen molar-refractivity contribution in [2.24, 2.45) is 0 Å².